The average molecular weight is 348 g/mol. The molecule has 0 aliphatic carbocycles. The molecule has 0 saturated carbocycles. The predicted molar refractivity (Wildman–Crippen MR) is 103 cm³/mol. The molecule has 0 bridgehead atoms. The van der Waals surface area contributed by atoms with Crippen molar-refractivity contribution in [2.75, 3.05) is 10.6 Å². The second-order valence-corrected chi connectivity index (χ2v) is 6.16. The summed E-state index contributed by atoms with van der Waals surface area (Å²) in [5.74, 6) is -0.298. The Hall–Kier alpha value is -3.41. The van der Waals surface area contributed by atoms with Gasteiger partial charge in [0.15, 0.2) is 0 Å². The lowest BCUT2D eigenvalue weighted by Crippen LogP contribution is -2.34. The summed E-state index contributed by atoms with van der Waals surface area (Å²) < 4.78 is 0. The number of aromatic nitrogens is 1. The fourth-order valence-electron chi connectivity index (χ4n) is 2.56. The van der Waals surface area contributed by atoms with Crippen molar-refractivity contribution < 1.29 is 9.59 Å². The lowest BCUT2D eigenvalue weighted by atomic mass is 10.1. The SMILES string of the molecule is CC(C)NC(=O)Nc1ccccc1C(=O)Nc1ccc2ncccc2c1. The smallest absolute Gasteiger partial charge is 0.319 e. The third kappa shape index (κ3) is 4.16. The normalized spacial score (nSPS) is 10.6. The van der Waals surface area contributed by atoms with E-state index in [1.165, 1.54) is 0 Å². The molecule has 132 valence electrons. The molecule has 3 rings (SSSR count). The van der Waals surface area contributed by atoms with Gasteiger partial charge < -0.3 is 16.0 Å². The van der Waals surface area contributed by atoms with Crippen LogP contribution in [-0.2, 0) is 0 Å². The molecule has 3 amide bonds. The largest absolute Gasteiger partial charge is 0.336 e. The summed E-state index contributed by atoms with van der Waals surface area (Å²) in [5, 5.41) is 9.26. The Morgan fingerprint density at radius 2 is 1.77 bits per heavy atom. The Labute approximate surface area is 151 Å². The topological polar surface area (TPSA) is 83.1 Å². The lowest BCUT2D eigenvalue weighted by molar-refractivity contribution is 0.102. The molecule has 3 aromatic rings. The summed E-state index contributed by atoms with van der Waals surface area (Å²) in [4.78, 5) is 28.9. The Balaban J connectivity index is 1.79. The molecule has 6 heteroatoms. The zero-order chi connectivity index (χ0) is 18.5. The highest BCUT2D eigenvalue weighted by Gasteiger charge is 2.14. The Bertz CT molecular complexity index is 953. The van der Waals surface area contributed by atoms with Gasteiger partial charge in [0.2, 0.25) is 0 Å². The molecule has 3 N–H and O–H groups in total. The number of hydrogen-bond donors (Lipinski definition) is 3. The first-order chi connectivity index (χ1) is 12.5. The molecule has 1 heterocycles. The van der Waals surface area contributed by atoms with Crippen molar-refractivity contribution in [2.24, 2.45) is 0 Å². The number of urea groups is 1. The minimum Gasteiger partial charge on any atom is -0.336 e. The molecule has 0 saturated heterocycles. The van der Waals surface area contributed by atoms with Gasteiger partial charge in [-0.15, -0.1) is 0 Å². The number of amides is 3. The van der Waals surface area contributed by atoms with Crippen LogP contribution in [0.4, 0.5) is 16.2 Å². The number of rotatable bonds is 4. The van der Waals surface area contributed by atoms with Crippen LogP contribution in [0.5, 0.6) is 0 Å². The van der Waals surface area contributed by atoms with E-state index in [1.807, 2.05) is 38.1 Å². The van der Waals surface area contributed by atoms with Crippen molar-refractivity contribution >= 4 is 34.2 Å². The first-order valence-electron chi connectivity index (χ1n) is 8.35. The fraction of sp³-hybridized carbons (Fsp3) is 0.150. The van der Waals surface area contributed by atoms with Gasteiger partial charge in [0.1, 0.15) is 0 Å². The second-order valence-electron chi connectivity index (χ2n) is 6.16. The van der Waals surface area contributed by atoms with Gasteiger partial charge in [-0.1, -0.05) is 18.2 Å². The maximum absolute atomic E-state index is 12.7. The number of benzene rings is 2. The molecule has 0 radical (unpaired) electrons. The van der Waals surface area contributed by atoms with E-state index in [4.69, 9.17) is 0 Å². The predicted octanol–water partition coefficient (Wildman–Crippen LogP) is 4.02. The van der Waals surface area contributed by atoms with Crippen molar-refractivity contribution in [2.45, 2.75) is 19.9 Å². The molecule has 0 spiro atoms. The molecule has 0 aliphatic heterocycles. The van der Waals surface area contributed by atoms with Gasteiger partial charge in [0, 0.05) is 23.3 Å². The van der Waals surface area contributed by atoms with Crippen LogP contribution in [0, 0.1) is 0 Å². The standard InChI is InChI=1S/C20H20N4O2/c1-13(2)22-20(26)24-18-8-4-3-7-16(18)19(25)23-15-9-10-17-14(12-15)6-5-11-21-17/h3-13H,1-2H3,(H,23,25)(H2,22,24,26). The maximum atomic E-state index is 12.7. The van der Waals surface area contributed by atoms with Crippen molar-refractivity contribution in [1.29, 1.82) is 0 Å². The van der Waals surface area contributed by atoms with E-state index in [2.05, 4.69) is 20.9 Å². The highest BCUT2D eigenvalue weighted by molar-refractivity contribution is 6.10. The molecule has 1 aromatic heterocycles. The van der Waals surface area contributed by atoms with E-state index < -0.39 is 0 Å². The minimum atomic E-state index is -0.350. The molecular formula is C20H20N4O2. The summed E-state index contributed by atoms with van der Waals surface area (Å²) in [6.45, 7) is 3.74. The van der Waals surface area contributed by atoms with Crippen molar-refractivity contribution in [3.05, 3.63) is 66.4 Å². The van der Waals surface area contributed by atoms with Crippen LogP contribution in [0.15, 0.2) is 60.8 Å². The summed E-state index contributed by atoms with van der Waals surface area (Å²) in [6.07, 6.45) is 1.73. The number of anilines is 2. The van der Waals surface area contributed by atoms with Crippen molar-refractivity contribution in [3.8, 4) is 0 Å². The van der Waals surface area contributed by atoms with Gasteiger partial charge in [-0.2, -0.15) is 0 Å². The molecule has 0 unspecified atom stereocenters. The van der Waals surface area contributed by atoms with E-state index >= 15 is 0 Å². The van der Waals surface area contributed by atoms with Crippen LogP contribution < -0.4 is 16.0 Å². The molecule has 0 fully saturated rings. The number of nitrogens with one attached hydrogen (secondary N) is 3. The zero-order valence-electron chi connectivity index (χ0n) is 14.6. The number of fused-ring (bicyclic) bond motifs is 1. The minimum absolute atomic E-state index is 0.00204. The van der Waals surface area contributed by atoms with E-state index in [-0.39, 0.29) is 18.0 Å². The lowest BCUT2D eigenvalue weighted by Gasteiger charge is -2.13. The number of hydrogen-bond acceptors (Lipinski definition) is 3. The average Bonchev–Trinajstić information content (AvgIpc) is 2.61. The zero-order valence-corrected chi connectivity index (χ0v) is 14.6. The van der Waals surface area contributed by atoms with Gasteiger partial charge >= 0.3 is 6.03 Å². The van der Waals surface area contributed by atoms with E-state index in [9.17, 15) is 9.59 Å². The molecule has 6 nitrogen and oxygen atoms in total. The Morgan fingerprint density at radius 3 is 2.58 bits per heavy atom. The van der Waals surface area contributed by atoms with Crippen LogP contribution in [0.2, 0.25) is 0 Å². The molecule has 2 aromatic carbocycles. The highest BCUT2D eigenvalue weighted by Crippen LogP contribution is 2.20. The van der Waals surface area contributed by atoms with Gasteiger partial charge in [-0.3, -0.25) is 9.78 Å². The summed E-state index contributed by atoms with van der Waals surface area (Å²) >= 11 is 0. The van der Waals surface area contributed by atoms with Gasteiger partial charge in [0.25, 0.3) is 5.91 Å². The monoisotopic (exact) mass is 348 g/mol. The van der Waals surface area contributed by atoms with Gasteiger partial charge in [-0.05, 0) is 50.2 Å². The molecule has 0 aliphatic rings. The first-order valence-corrected chi connectivity index (χ1v) is 8.35. The number of carbonyl (C=O) groups excluding carboxylic acids is 2. The number of carbonyl (C=O) groups is 2. The van der Waals surface area contributed by atoms with Gasteiger partial charge in [-0.25, -0.2) is 4.79 Å². The Morgan fingerprint density at radius 1 is 0.962 bits per heavy atom. The second kappa shape index (κ2) is 7.65. The van der Waals surface area contributed by atoms with E-state index in [1.54, 1.807) is 36.5 Å². The summed E-state index contributed by atoms with van der Waals surface area (Å²) in [7, 11) is 0. The van der Waals surface area contributed by atoms with Crippen molar-refractivity contribution in [1.82, 2.24) is 10.3 Å². The Kier molecular flexibility index (Phi) is 5.12. The van der Waals surface area contributed by atoms with Crippen LogP contribution >= 0.6 is 0 Å². The summed E-state index contributed by atoms with van der Waals surface area (Å²) in [6, 6.07) is 15.8. The van der Waals surface area contributed by atoms with Crippen molar-refractivity contribution in [3.63, 3.8) is 0 Å². The molecular weight excluding hydrogens is 328 g/mol. The third-order valence-electron chi connectivity index (χ3n) is 3.70. The summed E-state index contributed by atoms with van der Waals surface area (Å²) in [5.41, 5.74) is 2.36. The number of nitrogens with zero attached hydrogens (tertiary/aromatic N) is 1. The van der Waals surface area contributed by atoms with E-state index in [0.29, 0.717) is 16.9 Å². The van der Waals surface area contributed by atoms with Crippen LogP contribution in [0.1, 0.15) is 24.2 Å². The van der Waals surface area contributed by atoms with Gasteiger partial charge in [0.05, 0.1) is 16.8 Å². The maximum Gasteiger partial charge on any atom is 0.319 e. The molecule has 0 atom stereocenters. The highest BCUT2D eigenvalue weighted by atomic mass is 16.2. The van der Waals surface area contributed by atoms with Crippen LogP contribution in [0.25, 0.3) is 10.9 Å². The quantitative estimate of drug-likeness (QED) is 0.666. The number of pyridine rings is 1. The van der Waals surface area contributed by atoms with Crippen LogP contribution in [0.3, 0.4) is 0 Å². The van der Waals surface area contributed by atoms with E-state index in [0.717, 1.165) is 10.9 Å². The van der Waals surface area contributed by atoms with Crippen LogP contribution in [-0.4, -0.2) is 23.0 Å². The molecule has 26 heavy (non-hydrogen) atoms. The first kappa shape index (κ1) is 17.4. The fourth-order valence-corrected chi connectivity index (χ4v) is 2.56. The third-order valence-corrected chi connectivity index (χ3v) is 3.70. The number of para-hydroxylation sites is 1.